The zero-order valence-electron chi connectivity index (χ0n) is 13.0. The quantitative estimate of drug-likeness (QED) is 0.802. The number of rotatable bonds is 3. The Balaban J connectivity index is 1.52. The molecule has 5 fully saturated rings. The van der Waals surface area contributed by atoms with Crippen LogP contribution in [-0.2, 0) is 0 Å². The highest BCUT2D eigenvalue weighted by Gasteiger charge is 2.58. The van der Waals surface area contributed by atoms with Gasteiger partial charge in [0.05, 0.1) is 0 Å². The van der Waals surface area contributed by atoms with Crippen molar-refractivity contribution in [1.29, 1.82) is 0 Å². The maximum absolute atomic E-state index is 3.84. The molecule has 5 aliphatic carbocycles. The lowest BCUT2D eigenvalue weighted by atomic mass is 9.41. The van der Waals surface area contributed by atoms with E-state index < -0.39 is 0 Å². The Kier molecular flexibility index (Phi) is 2.67. The van der Waals surface area contributed by atoms with Crippen LogP contribution in [0.3, 0.4) is 0 Å². The highest BCUT2D eigenvalue weighted by Crippen LogP contribution is 2.67. The first kappa shape index (κ1) is 12.7. The minimum absolute atomic E-state index is 0.525. The zero-order chi connectivity index (χ0) is 13.3. The normalized spacial score (nSPS) is 48.8. The van der Waals surface area contributed by atoms with Crippen molar-refractivity contribution in [3.63, 3.8) is 0 Å². The lowest BCUT2D eigenvalue weighted by Crippen LogP contribution is -2.57. The van der Waals surface area contributed by atoms with Gasteiger partial charge in [0.1, 0.15) is 0 Å². The molecule has 0 aromatic rings. The van der Waals surface area contributed by atoms with Gasteiger partial charge in [0.15, 0.2) is 0 Å². The predicted octanol–water partition coefficient (Wildman–Crippen LogP) is 4.23. The van der Waals surface area contributed by atoms with Crippen LogP contribution in [0.15, 0.2) is 0 Å². The van der Waals surface area contributed by atoms with E-state index in [1.54, 1.807) is 32.1 Å². The topological polar surface area (TPSA) is 12.0 Å². The van der Waals surface area contributed by atoms with Gasteiger partial charge in [-0.3, -0.25) is 0 Å². The summed E-state index contributed by atoms with van der Waals surface area (Å²) in [4.78, 5) is 0. The van der Waals surface area contributed by atoms with Gasteiger partial charge < -0.3 is 5.32 Å². The molecule has 5 rings (SSSR count). The summed E-state index contributed by atoms with van der Waals surface area (Å²) in [6, 6.07) is 0.897. The van der Waals surface area contributed by atoms with Gasteiger partial charge in [0, 0.05) is 6.04 Å². The Bertz CT molecular complexity index is 346. The third-order valence-corrected chi connectivity index (χ3v) is 7.28. The summed E-state index contributed by atoms with van der Waals surface area (Å²) in [5.74, 6) is 4.20. The summed E-state index contributed by atoms with van der Waals surface area (Å²) in [5, 5.41) is 3.84. The number of hydrogen-bond acceptors (Lipinski definition) is 1. The summed E-state index contributed by atoms with van der Waals surface area (Å²) < 4.78 is 0. The SMILES string of the molecule is CC(C)(C)C12CC3CC(C1)C(CNC1CC1)C(C3)C2. The standard InChI is InChI=1S/C18H31N/c1-17(2,3)18-8-12-6-13(9-18)16(14(7-12)10-18)11-19-15-4-5-15/h12-16,19H,4-11H2,1-3H3. The van der Waals surface area contributed by atoms with Crippen molar-refractivity contribution in [2.75, 3.05) is 6.54 Å². The van der Waals surface area contributed by atoms with Crippen molar-refractivity contribution in [3.05, 3.63) is 0 Å². The summed E-state index contributed by atoms with van der Waals surface area (Å²) in [6.07, 6.45) is 10.6. The average Bonchev–Trinajstić information content (AvgIpc) is 3.09. The van der Waals surface area contributed by atoms with E-state index in [1.165, 1.54) is 19.4 Å². The molecule has 0 amide bonds. The zero-order valence-corrected chi connectivity index (χ0v) is 13.0. The van der Waals surface area contributed by atoms with Gasteiger partial charge in [-0.15, -0.1) is 0 Å². The average molecular weight is 261 g/mol. The van der Waals surface area contributed by atoms with Gasteiger partial charge in [0.2, 0.25) is 0 Å². The van der Waals surface area contributed by atoms with Crippen LogP contribution in [0, 0.1) is 34.5 Å². The summed E-state index contributed by atoms with van der Waals surface area (Å²) >= 11 is 0. The lowest BCUT2D eigenvalue weighted by Gasteiger charge is -2.64. The number of nitrogens with one attached hydrogen (secondary N) is 1. The second-order valence-corrected chi connectivity index (χ2v) is 9.35. The smallest absolute Gasteiger partial charge is 0.00683 e. The van der Waals surface area contributed by atoms with E-state index in [0.717, 1.165) is 29.7 Å². The van der Waals surface area contributed by atoms with Crippen LogP contribution >= 0.6 is 0 Å². The van der Waals surface area contributed by atoms with E-state index in [9.17, 15) is 0 Å². The van der Waals surface area contributed by atoms with Crippen LogP contribution in [0.5, 0.6) is 0 Å². The summed E-state index contributed by atoms with van der Waals surface area (Å²) in [7, 11) is 0. The van der Waals surface area contributed by atoms with E-state index in [4.69, 9.17) is 0 Å². The Labute approximate surface area is 118 Å². The van der Waals surface area contributed by atoms with Crippen molar-refractivity contribution < 1.29 is 0 Å². The molecule has 0 aromatic heterocycles. The molecule has 0 saturated heterocycles. The maximum atomic E-state index is 3.84. The summed E-state index contributed by atoms with van der Waals surface area (Å²) in [6.45, 7) is 8.87. The predicted molar refractivity (Wildman–Crippen MR) is 80.0 cm³/mol. The Morgan fingerprint density at radius 2 is 1.63 bits per heavy atom. The first-order chi connectivity index (χ1) is 8.97. The first-order valence-corrected chi connectivity index (χ1v) is 8.70. The van der Waals surface area contributed by atoms with Crippen LogP contribution in [0.2, 0.25) is 0 Å². The van der Waals surface area contributed by atoms with E-state index >= 15 is 0 Å². The molecule has 1 nitrogen and oxygen atoms in total. The van der Waals surface area contributed by atoms with Crippen LogP contribution in [0.25, 0.3) is 0 Å². The van der Waals surface area contributed by atoms with Crippen molar-refractivity contribution in [1.82, 2.24) is 5.32 Å². The Morgan fingerprint density at radius 1 is 1.00 bits per heavy atom. The van der Waals surface area contributed by atoms with Gasteiger partial charge in [-0.05, 0) is 86.0 Å². The monoisotopic (exact) mass is 261 g/mol. The molecule has 2 unspecified atom stereocenters. The van der Waals surface area contributed by atoms with E-state index in [0.29, 0.717) is 10.8 Å². The fraction of sp³-hybridized carbons (Fsp3) is 1.00. The Hall–Kier alpha value is -0.0400. The second-order valence-electron chi connectivity index (χ2n) is 9.35. The fourth-order valence-corrected chi connectivity index (χ4v) is 5.97. The fourth-order valence-electron chi connectivity index (χ4n) is 5.97. The molecular weight excluding hydrogens is 230 g/mol. The third-order valence-electron chi connectivity index (χ3n) is 7.28. The molecule has 0 radical (unpaired) electrons. The first-order valence-electron chi connectivity index (χ1n) is 8.70. The van der Waals surface area contributed by atoms with Gasteiger partial charge in [-0.2, -0.15) is 0 Å². The molecular formula is C18H31N. The lowest BCUT2D eigenvalue weighted by molar-refractivity contribution is -0.143. The molecule has 5 aliphatic rings. The summed E-state index contributed by atoms with van der Waals surface area (Å²) in [5.41, 5.74) is 1.22. The molecule has 19 heavy (non-hydrogen) atoms. The van der Waals surface area contributed by atoms with Gasteiger partial charge in [0.25, 0.3) is 0 Å². The molecule has 5 saturated carbocycles. The van der Waals surface area contributed by atoms with Crippen molar-refractivity contribution in [2.45, 2.75) is 71.8 Å². The van der Waals surface area contributed by atoms with Crippen molar-refractivity contribution in [2.24, 2.45) is 34.5 Å². The van der Waals surface area contributed by atoms with E-state index in [2.05, 4.69) is 26.1 Å². The molecule has 0 heterocycles. The third kappa shape index (κ3) is 1.99. The van der Waals surface area contributed by atoms with Crippen LogP contribution < -0.4 is 5.32 Å². The number of hydrogen-bond donors (Lipinski definition) is 1. The second kappa shape index (κ2) is 4.00. The molecule has 108 valence electrons. The molecule has 0 spiro atoms. The molecule has 0 aliphatic heterocycles. The van der Waals surface area contributed by atoms with E-state index in [1.807, 2.05) is 0 Å². The maximum Gasteiger partial charge on any atom is 0.00683 e. The van der Waals surface area contributed by atoms with E-state index in [-0.39, 0.29) is 0 Å². The minimum atomic E-state index is 0.525. The van der Waals surface area contributed by atoms with Gasteiger partial charge in [-0.1, -0.05) is 20.8 Å². The molecule has 0 aromatic carbocycles. The molecule has 1 heteroatoms. The van der Waals surface area contributed by atoms with Crippen LogP contribution in [0.1, 0.15) is 65.7 Å². The van der Waals surface area contributed by atoms with Crippen molar-refractivity contribution >= 4 is 0 Å². The Morgan fingerprint density at radius 3 is 2.16 bits per heavy atom. The highest BCUT2D eigenvalue weighted by atomic mass is 15.0. The molecule has 1 N–H and O–H groups in total. The van der Waals surface area contributed by atoms with Crippen LogP contribution in [0.4, 0.5) is 0 Å². The van der Waals surface area contributed by atoms with Gasteiger partial charge >= 0.3 is 0 Å². The van der Waals surface area contributed by atoms with Gasteiger partial charge in [-0.25, -0.2) is 0 Å². The molecule has 2 atom stereocenters. The van der Waals surface area contributed by atoms with Crippen LogP contribution in [-0.4, -0.2) is 12.6 Å². The van der Waals surface area contributed by atoms with Crippen molar-refractivity contribution in [3.8, 4) is 0 Å². The minimum Gasteiger partial charge on any atom is -0.314 e. The molecule has 4 bridgehead atoms. The largest absolute Gasteiger partial charge is 0.314 e. The highest BCUT2D eigenvalue weighted by molar-refractivity contribution is 5.08.